The van der Waals surface area contributed by atoms with E-state index >= 15 is 0 Å². The average Bonchev–Trinajstić information content (AvgIpc) is 2.81. The van der Waals surface area contributed by atoms with Crippen LogP contribution in [0.4, 0.5) is 0 Å². The lowest BCUT2D eigenvalue weighted by Crippen LogP contribution is -2.25. The van der Waals surface area contributed by atoms with Crippen LogP contribution in [0, 0.1) is 0 Å². The van der Waals surface area contributed by atoms with Crippen LogP contribution in [0.15, 0.2) is 58.5 Å². The van der Waals surface area contributed by atoms with E-state index in [9.17, 15) is 4.79 Å². The summed E-state index contributed by atoms with van der Waals surface area (Å²) >= 11 is 1.81. The van der Waals surface area contributed by atoms with E-state index in [0.29, 0.717) is 0 Å². The van der Waals surface area contributed by atoms with Crippen molar-refractivity contribution < 1.29 is 4.79 Å². The Labute approximate surface area is 159 Å². The fourth-order valence-electron chi connectivity index (χ4n) is 2.79. The van der Waals surface area contributed by atoms with E-state index < -0.39 is 0 Å². The molecule has 0 aromatic carbocycles. The summed E-state index contributed by atoms with van der Waals surface area (Å²) in [6.07, 6.45) is 14.1. The van der Waals surface area contributed by atoms with Crippen molar-refractivity contribution in [3.63, 3.8) is 0 Å². The standard InChI is InChI=1S/C20H26N4OS/c1-3-17(26-4-2)13-16-11-12-18(15-9-7-5-6-8-10-15)24(16)14-19(25)23-20(21)22/h3,5-7,9-12H,4,8,13-14H2,1-2H3,(H4,21,22,23,25)/b17-3-. The summed E-state index contributed by atoms with van der Waals surface area (Å²) in [7, 11) is 0. The van der Waals surface area contributed by atoms with E-state index in [1.807, 2.05) is 35.4 Å². The van der Waals surface area contributed by atoms with Gasteiger partial charge in [0.05, 0.1) is 0 Å². The van der Waals surface area contributed by atoms with Crippen LogP contribution in [0.1, 0.15) is 31.7 Å². The van der Waals surface area contributed by atoms with Crippen LogP contribution in [0.5, 0.6) is 0 Å². The van der Waals surface area contributed by atoms with E-state index in [4.69, 9.17) is 11.5 Å². The summed E-state index contributed by atoms with van der Waals surface area (Å²) in [6, 6.07) is 4.13. The number of aliphatic imine (C=N–C) groups is 1. The van der Waals surface area contributed by atoms with Gasteiger partial charge in [0.15, 0.2) is 5.96 Å². The molecule has 1 heterocycles. The predicted molar refractivity (Wildman–Crippen MR) is 112 cm³/mol. The van der Waals surface area contributed by atoms with Crippen LogP contribution >= 0.6 is 11.8 Å². The van der Waals surface area contributed by atoms with Crippen molar-refractivity contribution >= 4 is 29.2 Å². The number of guanidine groups is 1. The topological polar surface area (TPSA) is 86.4 Å². The lowest BCUT2D eigenvalue weighted by Gasteiger charge is -2.14. The molecular formula is C20H26N4OS. The van der Waals surface area contributed by atoms with Gasteiger partial charge in [-0.05, 0) is 41.7 Å². The molecule has 5 nitrogen and oxygen atoms in total. The Morgan fingerprint density at radius 2 is 2.15 bits per heavy atom. The summed E-state index contributed by atoms with van der Waals surface area (Å²) in [4.78, 5) is 17.2. The number of thioether (sulfide) groups is 1. The lowest BCUT2D eigenvalue weighted by molar-refractivity contribution is -0.118. The number of nitrogens with zero attached hydrogens (tertiary/aromatic N) is 2. The number of aromatic nitrogens is 1. The lowest BCUT2D eigenvalue weighted by atomic mass is 10.1. The fraction of sp³-hybridized carbons (Fsp3) is 0.300. The molecule has 4 N–H and O–H groups in total. The Hall–Kier alpha value is -2.47. The van der Waals surface area contributed by atoms with Crippen molar-refractivity contribution in [2.45, 2.75) is 33.2 Å². The van der Waals surface area contributed by atoms with Gasteiger partial charge in [0.2, 0.25) is 0 Å². The van der Waals surface area contributed by atoms with Crippen LogP contribution in [0.25, 0.3) is 5.57 Å². The summed E-state index contributed by atoms with van der Waals surface area (Å²) < 4.78 is 2.01. The first kappa shape index (κ1) is 19.8. The number of carbonyl (C=O) groups is 1. The number of nitrogens with two attached hydrogens (primary N) is 2. The smallest absolute Gasteiger partial charge is 0.268 e. The molecule has 0 saturated heterocycles. The number of allylic oxidation sites excluding steroid dienone is 8. The maximum atomic E-state index is 12.2. The molecule has 0 saturated carbocycles. The first-order chi connectivity index (χ1) is 12.5. The van der Waals surface area contributed by atoms with E-state index in [1.54, 1.807) is 0 Å². The molecule has 1 aromatic rings. The molecule has 0 aliphatic heterocycles. The molecule has 1 aliphatic rings. The van der Waals surface area contributed by atoms with Gasteiger partial charge >= 0.3 is 0 Å². The van der Waals surface area contributed by atoms with Crippen molar-refractivity contribution in [3.05, 3.63) is 64.9 Å². The zero-order valence-electron chi connectivity index (χ0n) is 15.3. The maximum Gasteiger partial charge on any atom is 0.268 e. The second kappa shape index (κ2) is 9.87. The Balaban J connectivity index is 2.40. The summed E-state index contributed by atoms with van der Waals surface area (Å²) in [5.41, 5.74) is 13.9. The molecule has 0 unspecified atom stereocenters. The van der Waals surface area contributed by atoms with Crippen LogP contribution in [0.3, 0.4) is 0 Å². The zero-order valence-corrected chi connectivity index (χ0v) is 16.1. The minimum Gasteiger partial charge on any atom is -0.370 e. The van der Waals surface area contributed by atoms with Gasteiger partial charge in [-0.15, -0.1) is 11.8 Å². The molecule has 0 fully saturated rings. The van der Waals surface area contributed by atoms with Gasteiger partial charge in [-0.1, -0.05) is 43.4 Å². The SMILES string of the molecule is C/C=C(/Cc1ccc(C2=CCC=CC=C2)n1CC(=O)N=C(N)N)SCC. The Morgan fingerprint density at radius 1 is 1.35 bits per heavy atom. The van der Waals surface area contributed by atoms with Crippen molar-refractivity contribution in [3.8, 4) is 0 Å². The van der Waals surface area contributed by atoms with E-state index in [2.05, 4.69) is 48.4 Å². The molecule has 6 heteroatoms. The highest BCUT2D eigenvalue weighted by Crippen LogP contribution is 2.26. The molecule has 0 radical (unpaired) electrons. The average molecular weight is 371 g/mol. The number of carbonyl (C=O) groups excluding carboxylic acids is 1. The fourth-order valence-corrected chi connectivity index (χ4v) is 3.57. The van der Waals surface area contributed by atoms with Crippen molar-refractivity contribution in [2.24, 2.45) is 16.5 Å². The first-order valence-corrected chi connectivity index (χ1v) is 9.66. The molecule has 1 aromatic heterocycles. The number of hydrogen-bond acceptors (Lipinski definition) is 2. The zero-order chi connectivity index (χ0) is 18.9. The van der Waals surface area contributed by atoms with Gasteiger partial charge in [0.25, 0.3) is 5.91 Å². The largest absolute Gasteiger partial charge is 0.370 e. The third-order valence-corrected chi connectivity index (χ3v) is 4.96. The molecule has 2 rings (SSSR count). The maximum absolute atomic E-state index is 12.2. The normalized spacial score (nSPS) is 14.1. The van der Waals surface area contributed by atoms with Crippen molar-refractivity contribution in [2.75, 3.05) is 5.75 Å². The Kier molecular flexibility index (Phi) is 7.53. The minimum atomic E-state index is -0.356. The van der Waals surface area contributed by atoms with E-state index in [1.165, 1.54) is 4.91 Å². The third kappa shape index (κ3) is 5.52. The minimum absolute atomic E-state index is 0.113. The van der Waals surface area contributed by atoms with Crippen molar-refractivity contribution in [1.29, 1.82) is 0 Å². The number of amides is 1. The molecule has 0 spiro atoms. The second-order valence-corrected chi connectivity index (χ2v) is 7.16. The molecule has 26 heavy (non-hydrogen) atoms. The highest BCUT2D eigenvalue weighted by Gasteiger charge is 2.15. The van der Waals surface area contributed by atoms with Gasteiger partial charge in [-0.3, -0.25) is 4.79 Å². The number of hydrogen-bond donors (Lipinski definition) is 2. The van der Waals surface area contributed by atoms with Gasteiger partial charge in [0, 0.05) is 17.8 Å². The molecule has 0 atom stereocenters. The number of rotatable bonds is 7. The third-order valence-electron chi connectivity index (χ3n) is 3.92. The predicted octanol–water partition coefficient (Wildman–Crippen LogP) is 3.39. The van der Waals surface area contributed by atoms with E-state index in [0.717, 1.165) is 35.6 Å². The monoisotopic (exact) mass is 370 g/mol. The quantitative estimate of drug-likeness (QED) is 0.569. The highest BCUT2D eigenvalue weighted by atomic mass is 32.2. The second-order valence-electron chi connectivity index (χ2n) is 5.77. The summed E-state index contributed by atoms with van der Waals surface area (Å²) in [6.45, 7) is 4.29. The highest BCUT2D eigenvalue weighted by molar-refractivity contribution is 8.03. The summed E-state index contributed by atoms with van der Waals surface area (Å²) in [5.74, 6) is 0.448. The summed E-state index contributed by atoms with van der Waals surface area (Å²) in [5, 5.41) is 0. The van der Waals surface area contributed by atoms with Crippen LogP contribution < -0.4 is 11.5 Å². The van der Waals surface area contributed by atoms with Crippen molar-refractivity contribution in [1.82, 2.24) is 4.57 Å². The molecule has 138 valence electrons. The molecule has 1 aliphatic carbocycles. The Morgan fingerprint density at radius 3 is 2.85 bits per heavy atom. The van der Waals surface area contributed by atoms with Crippen LogP contribution in [-0.4, -0.2) is 22.2 Å². The van der Waals surface area contributed by atoms with E-state index in [-0.39, 0.29) is 18.4 Å². The molecule has 0 bridgehead atoms. The van der Waals surface area contributed by atoms with Gasteiger partial charge in [0.1, 0.15) is 6.54 Å². The Bertz CT molecular complexity index is 793. The van der Waals surface area contributed by atoms with Crippen LogP contribution in [-0.2, 0) is 17.8 Å². The van der Waals surface area contributed by atoms with Gasteiger partial charge in [-0.25, -0.2) is 0 Å². The molecular weight excluding hydrogens is 344 g/mol. The molecule has 1 amide bonds. The first-order valence-electron chi connectivity index (χ1n) is 8.67. The van der Waals surface area contributed by atoms with Crippen LogP contribution in [0.2, 0.25) is 0 Å². The van der Waals surface area contributed by atoms with Gasteiger partial charge in [-0.2, -0.15) is 4.99 Å². The van der Waals surface area contributed by atoms with Gasteiger partial charge < -0.3 is 16.0 Å².